The zero-order chi connectivity index (χ0) is 10.7. The first-order chi connectivity index (χ1) is 6.56. The number of methoxy groups -OCH3 is 1. The van der Waals surface area contributed by atoms with Gasteiger partial charge in [0.25, 0.3) is 0 Å². The van der Waals surface area contributed by atoms with Crippen LogP contribution in [0.1, 0.15) is 9.67 Å². The Bertz CT molecular complexity index is 340. The molecule has 0 bridgehead atoms. The van der Waals surface area contributed by atoms with Crippen LogP contribution in [0.3, 0.4) is 0 Å². The van der Waals surface area contributed by atoms with Gasteiger partial charge in [-0.05, 0) is 15.9 Å². The van der Waals surface area contributed by atoms with E-state index in [0.717, 1.165) is 11.3 Å². The number of carbonyl (C=O) groups is 1. The van der Waals surface area contributed by atoms with E-state index in [0.29, 0.717) is 4.47 Å². The van der Waals surface area contributed by atoms with Gasteiger partial charge < -0.3 is 9.47 Å². The quantitative estimate of drug-likeness (QED) is 0.802. The summed E-state index contributed by atoms with van der Waals surface area (Å²) in [5.41, 5.74) is 0. The van der Waals surface area contributed by atoms with Crippen molar-refractivity contribution in [2.24, 2.45) is 0 Å². The summed E-state index contributed by atoms with van der Waals surface area (Å²) in [5, 5.41) is 1.48. The fraction of sp³-hybridized carbons (Fsp3) is 0.286. The van der Waals surface area contributed by atoms with E-state index in [-0.39, 0.29) is 10.6 Å². The minimum atomic E-state index is -2.97. The second-order valence-corrected chi connectivity index (χ2v) is 3.85. The van der Waals surface area contributed by atoms with E-state index < -0.39 is 12.6 Å². The summed E-state index contributed by atoms with van der Waals surface area (Å²) in [6.07, 6.45) is 0. The lowest BCUT2D eigenvalue weighted by Crippen LogP contribution is -2.06. The number of thiophene rings is 1. The number of alkyl halides is 2. The van der Waals surface area contributed by atoms with Gasteiger partial charge >= 0.3 is 12.6 Å². The Hall–Kier alpha value is -0.690. The highest BCUT2D eigenvalue weighted by atomic mass is 79.9. The molecule has 1 aromatic heterocycles. The van der Waals surface area contributed by atoms with Crippen molar-refractivity contribution in [2.75, 3.05) is 7.11 Å². The van der Waals surface area contributed by atoms with Crippen molar-refractivity contribution in [1.82, 2.24) is 0 Å². The van der Waals surface area contributed by atoms with Crippen molar-refractivity contribution < 1.29 is 23.0 Å². The molecule has 0 radical (unpaired) electrons. The molecule has 1 rings (SSSR count). The van der Waals surface area contributed by atoms with Crippen molar-refractivity contribution >= 4 is 33.2 Å². The molecule has 3 nitrogen and oxygen atoms in total. The van der Waals surface area contributed by atoms with Crippen LogP contribution in [0, 0.1) is 0 Å². The molecule has 0 saturated carbocycles. The first-order valence-corrected chi connectivity index (χ1v) is 5.03. The Morgan fingerprint density at radius 3 is 2.79 bits per heavy atom. The van der Waals surface area contributed by atoms with Gasteiger partial charge in [-0.2, -0.15) is 8.78 Å². The third kappa shape index (κ3) is 2.42. The average molecular weight is 287 g/mol. The molecule has 1 aromatic rings. The lowest BCUT2D eigenvalue weighted by Gasteiger charge is -2.04. The molecule has 0 aliphatic heterocycles. The second kappa shape index (κ2) is 4.70. The summed E-state index contributed by atoms with van der Waals surface area (Å²) in [6, 6.07) is 0. The van der Waals surface area contributed by atoms with Crippen LogP contribution in [0.5, 0.6) is 5.75 Å². The number of hydrogen-bond acceptors (Lipinski definition) is 4. The van der Waals surface area contributed by atoms with Gasteiger partial charge in [0.15, 0.2) is 10.6 Å². The molecule has 78 valence electrons. The zero-order valence-electron chi connectivity index (χ0n) is 6.92. The molecule has 0 spiro atoms. The summed E-state index contributed by atoms with van der Waals surface area (Å²) in [5.74, 6) is -0.881. The molecular weight excluding hydrogens is 282 g/mol. The van der Waals surface area contributed by atoms with Crippen molar-refractivity contribution in [3.05, 3.63) is 14.7 Å². The fourth-order valence-corrected chi connectivity index (χ4v) is 2.23. The van der Waals surface area contributed by atoms with Gasteiger partial charge in [-0.3, -0.25) is 0 Å². The Balaban J connectivity index is 2.99. The third-order valence-electron chi connectivity index (χ3n) is 1.28. The monoisotopic (exact) mass is 286 g/mol. The highest BCUT2D eigenvalue weighted by Crippen LogP contribution is 2.36. The Morgan fingerprint density at radius 2 is 2.29 bits per heavy atom. The first-order valence-electron chi connectivity index (χ1n) is 3.36. The average Bonchev–Trinajstić information content (AvgIpc) is 2.46. The maximum atomic E-state index is 11.9. The highest BCUT2D eigenvalue weighted by Gasteiger charge is 2.21. The van der Waals surface area contributed by atoms with Gasteiger partial charge in [0, 0.05) is 5.38 Å². The fourth-order valence-electron chi connectivity index (χ4n) is 0.759. The van der Waals surface area contributed by atoms with Crippen molar-refractivity contribution in [1.29, 1.82) is 0 Å². The molecule has 0 aromatic carbocycles. The van der Waals surface area contributed by atoms with Crippen molar-refractivity contribution in [3.8, 4) is 5.75 Å². The van der Waals surface area contributed by atoms with Gasteiger partial charge in [-0.15, -0.1) is 11.3 Å². The van der Waals surface area contributed by atoms with Crippen LogP contribution in [-0.4, -0.2) is 19.7 Å². The Morgan fingerprint density at radius 1 is 1.64 bits per heavy atom. The molecule has 0 saturated heterocycles. The Kier molecular flexibility index (Phi) is 3.82. The summed E-state index contributed by atoms with van der Waals surface area (Å²) < 4.78 is 32.7. The molecule has 0 N–H and O–H groups in total. The number of esters is 1. The first kappa shape index (κ1) is 11.4. The summed E-state index contributed by atoms with van der Waals surface area (Å²) in [6.45, 7) is -2.97. The predicted octanol–water partition coefficient (Wildman–Crippen LogP) is 2.90. The Labute approximate surface area is 90.8 Å². The van der Waals surface area contributed by atoms with Crippen molar-refractivity contribution in [2.45, 2.75) is 6.61 Å². The van der Waals surface area contributed by atoms with Gasteiger partial charge in [-0.1, -0.05) is 0 Å². The molecule has 0 fully saturated rings. The number of rotatable bonds is 3. The van der Waals surface area contributed by atoms with E-state index in [1.807, 2.05) is 0 Å². The lowest BCUT2D eigenvalue weighted by atomic mass is 10.4. The molecule has 0 amide bonds. The molecule has 0 unspecified atom stereocenters. The standard InChI is InChI=1S/C7H5BrF2O3S/c1-12-6(11)5-4(13-7(9)10)3(8)2-14-5/h2,7H,1H3. The SMILES string of the molecule is COC(=O)c1scc(Br)c1OC(F)F. The topological polar surface area (TPSA) is 35.5 Å². The predicted molar refractivity (Wildman–Crippen MR) is 50.0 cm³/mol. The second-order valence-electron chi connectivity index (χ2n) is 2.11. The summed E-state index contributed by atoms with van der Waals surface area (Å²) in [4.78, 5) is 11.1. The van der Waals surface area contributed by atoms with E-state index in [4.69, 9.17) is 0 Å². The van der Waals surface area contributed by atoms with E-state index in [2.05, 4.69) is 25.4 Å². The van der Waals surface area contributed by atoms with Crippen LogP contribution in [0.2, 0.25) is 0 Å². The summed E-state index contributed by atoms with van der Waals surface area (Å²) >= 11 is 3.96. The van der Waals surface area contributed by atoms with Gasteiger partial charge in [0.1, 0.15) is 0 Å². The van der Waals surface area contributed by atoms with Crippen LogP contribution in [-0.2, 0) is 4.74 Å². The molecule has 1 heterocycles. The van der Waals surface area contributed by atoms with Gasteiger partial charge in [0.05, 0.1) is 11.6 Å². The smallest absolute Gasteiger partial charge is 0.387 e. The van der Waals surface area contributed by atoms with E-state index >= 15 is 0 Å². The molecule has 7 heteroatoms. The van der Waals surface area contributed by atoms with E-state index in [1.165, 1.54) is 12.5 Å². The third-order valence-corrected chi connectivity index (χ3v) is 3.11. The van der Waals surface area contributed by atoms with E-state index in [1.54, 1.807) is 0 Å². The number of hydrogen-bond donors (Lipinski definition) is 0. The highest BCUT2D eigenvalue weighted by molar-refractivity contribution is 9.10. The number of halogens is 3. The van der Waals surface area contributed by atoms with Gasteiger partial charge in [-0.25, -0.2) is 4.79 Å². The maximum Gasteiger partial charge on any atom is 0.387 e. The minimum absolute atomic E-state index is 0.0136. The number of carbonyl (C=O) groups excluding carboxylic acids is 1. The number of ether oxygens (including phenoxy) is 2. The van der Waals surface area contributed by atoms with Crippen LogP contribution < -0.4 is 4.74 Å². The molecule has 14 heavy (non-hydrogen) atoms. The summed E-state index contributed by atoms with van der Waals surface area (Å²) in [7, 11) is 1.17. The molecule has 0 atom stereocenters. The van der Waals surface area contributed by atoms with Crippen LogP contribution in [0.25, 0.3) is 0 Å². The van der Waals surface area contributed by atoms with Crippen molar-refractivity contribution in [3.63, 3.8) is 0 Å². The van der Waals surface area contributed by atoms with Crippen LogP contribution in [0.4, 0.5) is 8.78 Å². The van der Waals surface area contributed by atoms with E-state index in [9.17, 15) is 13.6 Å². The largest absolute Gasteiger partial charge is 0.465 e. The van der Waals surface area contributed by atoms with Crippen LogP contribution >= 0.6 is 27.3 Å². The molecule has 0 aliphatic rings. The van der Waals surface area contributed by atoms with Crippen LogP contribution in [0.15, 0.2) is 9.85 Å². The lowest BCUT2D eigenvalue weighted by molar-refractivity contribution is -0.0505. The normalized spacial score (nSPS) is 10.4. The maximum absolute atomic E-state index is 11.9. The molecule has 0 aliphatic carbocycles. The zero-order valence-corrected chi connectivity index (χ0v) is 9.32. The van der Waals surface area contributed by atoms with Gasteiger partial charge in [0.2, 0.25) is 0 Å². The minimum Gasteiger partial charge on any atom is -0.465 e. The molecular formula is C7H5BrF2O3S.